The molecule has 232 valence electrons. The van der Waals surface area contributed by atoms with E-state index in [-0.39, 0.29) is 30.6 Å². The van der Waals surface area contributed by atoms with Gasteiger partial charge in [-0.3, -0.25) is 9.59 Å². The van der Waals surface area contributed by atoms with Crippen LogP contribution in [0.2, 0.25) is 5.02 Å². The van der Waals surface area contributed by atoms with Crippen LogP contribution in [0.4, 0.5) is 14.5 Å². The van der Waals surface area contributed by atoms with Crippen molar-refractivity contribution in [2.24, 2.45) is 0 Å². The van der Waals surface area contributed by atoms with Crippen molar-refractivity contribution >= 4 is 29.1 Å². The van der Waals surface area contributed by atoms with Crippen LogP contribution in [-0.2, 0) is 16.0 Å². The van der Waals surface area contributed by atoms with Crippen LogP contribution in [-0.4, -0.2) is 55.4 Å². The predicted octanol–water partition coefficient (Wildman–Crippen LogP) is 5.78. The molecule has 2 N–H and O–H groups in total. The molecule has 5 aromatic rings. The summed E-state index contributed by atoms with van der Waals surface area (Å²) in [5, 5.41) is 2.90. The van der Waals surface area contributed by atoms with Crippen molar-refractivity contribution in [1.29, 1.82) is 0 Å². The van der Waals surface area contributed by atoms with Crippen LogP contribution < -0.4 is 11.0 Å². The summed E-state index contributed by atoms with van der Waals surface area (Å²) in [6.45, 7) is 1.49. The number of nitrogens with zero attached hydrogens (tertiary/aromatic N) is 4. The van der Waals surface area contributed by atoms with E-state index in [1.165, 1.54) is 23.4 Å². The van der Waals surface area contributed by atoms with Gasteiger partial charge in [-0.25, -0.2) is 28.5 Å². The average Bonchev–Trinajstić information content (AvgIpc) is 3.45. The Balaban J connectivity index is 1.26. The van der Waals surface area contributed by atoms with Crippen molar-refractivity contribution < 1.29 is 18.4 Å². The van der Waals surface area contributed by atoms with Gasteiger partial charge in [-0.05, 0) is 41.8 Å². The summed E-state index contributed by atoms with van der Waals surface area (Å²) in [5.74, 6) is -1.28. The first-order valence-corrected chi connectivity index (χ1v) is 14.8. The molecule has 6 rings (SSSR count). The van der Waals surface area contributed by atoms with Gasteiger partial charge in [0.2, 0.25) is 11.8 Å². The Kier molecular flexibility index (Phi) is 8.67. The Hall–Kier alpha value is -5.29. The summed E-state index contributed by atoms with van der Waals surface area (Å²) in [6.07, 6.45) is 4.44. The highest BCUT2D eigenvalue weighted by Crippen LogP contribution is 2.33. The van der Waals surface area contributed by atoms with Gasteiger partial charge in [-0.1, -0.05) is 54.1 Å². The topological polar surface area (TPSA) is 121 Å². The second-order valence-corrected chi connectivity index (χ2v) is 11.4. The maximum atomic E-state index is 15.5. The van der Waals surface area contributed by atoms with Crippen LogP contribution >= 0.6 is 11.6 Å². The number of likely N-dealkylation sites (tertiary alicyclic amines) is 1. The van der Waals surface area contributed by atoms with Gasteiger partial charge in [0.15, 0.2) is 5.82 Å². The van der Waals surface area contributed by atoms with E-state index < -0.39 is 35.5 Å². The van der Waals surface area contributed by atoms with E-state index in [4.69, 9.17) is 11.6 Å². The van der Waals surface area contributed by atoms with Crippen molar-refractivity contribution in [2.45, 2.75) is 32.0 Å². The molecule has 9 nitrogen and oxygen atoms in total. The molecule has 3 heterocycles. The molecule has 0 radical (unpaired) electrons. The lowest BCUT2D eigenvalue weighted by molar-refractivity contribution is -0.136. The van der Waals surface area contributed by atoms with Crippen molar-refractivity contribution in [2.75, 3.05) is 11.9 Å². The lowest BCUT2D eigenvalue weighted by atomic mass is 9.97. The van der Waals surface area contributed by atoms with Gasteiger partial charge in [0.1, 0.15) is 18.0 Å². The van der Waals surface area contributed by atoms with Crippen LogP contribution in [0, 0.1) is 12.7 Å². The highest BCUT2D eigenvalue weighted by Gasteiger charge is 2.40. The standard InChI is InChI=1S/C34H27ClF2N6O3/c1-19-38-14-23(15-39-19)21-9-20(10-22(12-21)24-16-40-34(46)41-17-24)11-31(44)43-18-25(36)13-30(43)33(45)42-29-8-4-6-27(32(29)37)26-5-2-3-7-28(26)35/h2-10,12,14-17,25,30H,11,13,18H2,1H3,(H,42,45)(H,40,41,46)/t25-,30+/m1/s1. The van der Waals surface area contributed by atoms with E-state index in [1.807, 2.05) is 6.07 Å². The smallest absolute Gasteiger partial charge is 0.327 e. The number of nitrogens with one attached hydrogen (secondary N) is 2. The first-order chi connectivity index (χ1) is 22.2. The number of halogens is 3. The minimum atomic E-state index is -1.43. The highest BCUT2D eigenvalue weighted by molar-refractivity contribution is 6.33. The summed E-state index contributed by atoms with van der Waals surface area (Å²) in [4.78, 5) is 54.7. The summed E-state index contributed by atoms with van der Waals surface area (Å²) in [6, 6.07) is 15.5. The SMILES string of the molecule is Cc1ncc(-c2cc(CC(=O)N3C[C@H](F)C[C@H]3C(=O)Nc3cccc(-c4ccccc4Cl)c3F)cc(-c3cnc(=O)[nH]c3)c2)cn1. The molecule has 1 aliphatic rings. The van der Waals surface area contributed by atoms with E-state index in [9.17, 15) is 18.8 Å². The number of hydrogen-bond acceptors (Lipinski definition) is 6. The lowest BCUT2D eigenvalue weighted by Gasteiger charge is -2.24. The number of rotatable bonds is 7. The van der Waals surface area contributed by atoms with Gasteiger partial charge < -0.3 is 15.2 Å². The quantitative estimate of drug-likeness (QED) is 0.233. The van der Waals surface area contributed by atoms with Crippen LogP contribution in [0.15, 0.2) is 90.2 Å². The Morgan fingerprint density at radius 3 is 2.37 bits per heavy atom. The first kappa shape index (κ1) is 30.7. The zero-order valence-corrected chi connectivity index (χ0v) is 25.3. The monoisotopic (exact) mass is 640 g/mol. The number of hydrogen-bond donors (Lipinski definition) is 2. The van der Waals surface area contributed by atoms with E-state index in [1.54, 1.807) is 67.8 Å². The van der Waals surface area contributed by atoms with Crippen LogP contribution in [0.3, 0.4) is 0 Å². The number of H-pyrrole nitrogens is 1. The van der Waals surface area contributed by atoms with Gasteiger partial charge in [-0.15, -0.1) is 0 Å². The third-order valence-corrected chi connectivity index (χ3v) is 8.09. The number of benzene rings is 3. The van der Waals surface area contributed by atoms with Crippen LogP contribution in [0.5, 0.6) is 0 Å². The van der Waals surface area contributed by atoms with Crippen LogP contribution in [0.25, 0.3) is 33.4 Å². The summed E-state index contributed by atoms with van der Waals surface area (Å²) in [5.41, 5.74) is 3.28. The molecule has 0 unspecified atom stereocenters. The van der Waals surface area contributed by atoms with E-state index >= 15 is 4.39 Å². The summed E-state index contributed by atoms with van der Waals surface area (Å²) in [7, 11) is 0. The molecule has 1 aliphatic heterocycles. The minimum Gasteiger partial charge on any atom is -0.327 e. The van der Waals surface area contributed by atoms with Gasteiger partial charge in [-0.2, -0.15) is 0 Å². The molecule has 0 saturated carbocycles. The third-order valence-electron chi connectivity index (χ3n) is 7.76. The number of amides is 2. The van der Waals surface area contributed by atoms with Gasteiger partial charge in [0.25, 0.3) is 0 Å². The Labute approximate surface area is 267 Å². The molecule has 2 amide bonds. The molecule has 2 aromatic heterocycles. The highest BCUT2D eigenvalue weighted by atomic mass is 35.5. The molecule has 0 spiro atoms. The molecule has 1 fully saturated rings. The van der Waals surface area contributed by atoms with Crippen LogP contribution in [0.1, 0.15) is 17.8 Å². The molecule has 46 heavy (non-hydrogen) atoms. The van der Waals surface area contributed by atoms with Crippen molar-refractivity contribution in [3.8, 4) is 33.4 Å². The average molecular weight is 641 g/mol. The zero-order valence-electron chi connectivity index (χ0n) is 24.5. The Morgan fingerprint density at radius 1 is 0.957 bits per heavy atom. The number of carbonyl (C=O) groups is 2. The van der Waals surface area contributed by atoms with E-state index in [0.29, 0.717) is 44.2 Å². The third kappa shape index (κ3) is 6.54. The summed E-state index contributed by atoms with van der Waals surface area (Å²) < 4.78 is 30.3. The maximum Gasteiger partial charge on any atom is 0.344 e. The largest absolute Gasteiger partial charge is 0.344 e. The molecule has 1 saturated heterocycles. The van der Waals surface area contributed by atoms with Crippen molar-refractivity contribution in [3.63, 3.8) is 0 Å². The Morgan fingerprint density at radius 2 is 1.65 bits per heavy atom. The molecule has 0 bridgehead atoms. The fourth-order valence-electron chi connectivity index (χ4n) is 5.49. The molecular weight excluding hydrogens is 614 g/mol. The number of aryl methyl sites for hydroxylation is 1. The fourth-order valence-corrected chi connectivity index (χ4v) is 5.72. The number of alkyl halides is 1. The molecule has 3 aromatic carbocycles. The minimum absolute atomic E-state index is 0.107. The number of aromatic nitrogens is 4. The molecule has 12 heteroatoms. The van der Waals surface area contributed by atoms with Crippen molar-refractivity contribution in [1.82, 2.24) is 24.8 Å². The van der Waals surface area contributed by atoms with Gasteiger partial charge >= 0.3 is 5.69 Å². The Bertz CT molecular complexity index is 1980. The molecule has 2 atom stereocenters. The molecular formula is C34H27ClF2N6O3. The summed E-state index contributed by atoms with van der Waals surface area (Å²) >= 11 is 6.27. The predicted molar refractivity (Wildman–Crippen MR) is 170 cm³/mol. The second kappa shape index (κ2) is 13.0. The number of aromatic amines is 1. The maximum absolute atomic E-state index is 15.5. The van der Waals surface area contributed by atoms with E-state index in [0.717, 1.165) is 0 Å². The molecule has 0 aliphatic carbocycles. The zero-order chi connectivity index (χ0) is 32.4. The van der Waals surface area contributed by atoms with Crippen molar-refractivity contribution in [3.05, 3.63) is 118 Å². The van der Waals surface area contributed by atoms with E-state index in [2.05, 4.69) is 25.3 Å². The number of carbonyl (C=O) groups excluding carboxylic acids is 2. The number of anilines is 1. The lowest BCUT2D eigenvalue weighted by Crippen LogP contribution is -2.44. The normalized spacial score (nSPS) is 16.0. The second-order valence-electron chi connectivity index (χ2n) is 11.0. The van der Waals surface area contributed by atoms with Gasteiger partial charge in [0.05, 0.1) is 18.7 Å². The van der Waals surface area contributed by atoms with Gasteiger partial charge in [0, 0.05) is 58.5 Å². The fraction of sp³-hybridized carbons (Fsp3) is 0.176. The first-order valence-electron chi connectivity index (χ1n) is 14.4.